The molecule has 8 nitrogen and oxygen atoms in total. The summed E-state index contributed by atoms with van der Waals surface area (Å²) < 4.78 is 2.06. The van der Waals surface area contributed by atoms with Crippen LogP contribution < -0.4 is 10.5 Å². The van der Waals surface area contributed by atoms with E-state index in [0.29, 0.717) is 52.4 Å². The predicted octanol–water partition coefficient (Wildman–Crippen LogP) is 2.59. The van der Waals surface area contributed by atoms with E-state index in [1.807, 2.05) is 12.1 Å². The van der Waals surface area contributed by atoms with Crippen molar-refractivity contribution in [1.29, 1.82) is 0 Å². The lowest BCUT2D eigenvalue weighted by molar-refractivity contribution is -0.122. The zero-order valence-corrected chi connectivity index (χ0v) is 21.1. The molecule has 0 radical (unpaired) electrons. The minimum Gasteiger partial charge on any atom is -0.395 e. The number of aliphatic hydroxyl groups excluding tert-OH is 1. The Morgan fingerprint density at radius 1 is 1.12 bits per heavy atom. The first-order chi connectivity index (χ1) is 16.5. The summed E-state index contributed by atoms with van der Waals surface area (Å²) in [6, 6.07) is 5.46. The molecule has 2 saturated heterocycles. The second-order valence-electron chi connectivity index (χ2n) is 8.53. The topological polar surface area (TPSA) is 81.4 Å². The number of aromatic nitrogens is 2. The van der Waals surface area contributed by atoms with Crippen LogP contribution in [0.4, 0.5) is 5.82 Å². The van der Waals surface area contributed by atoms with Gasteiger partial charge in [-0.05, 0) is 24.6 Å². The number of β-amino-alcohol motifs (C(OH)–C–C–N with tert-alkyl or cyclic N) is 1. The maximum absolute atomic E-state index is 13.5. The van der Waals surface area contributed by atoms with Gasteiger partial charge in [-0.3, -0.25) is 23.8 Å². The van der Waals surface area contributed by atoms with E-state index in [-0.39, 0.29) is 18.1 Å². The van der Waals surface area contributed by atoms with E-state index >= 15 is 0 Å². The Balaban J connectivity index is 1.66. The van der Waals surface area contributed by atoms with Crippen molar-refractivity contribution in [2.24, 2.45) is 0 Å². The number of nitrogens with zero attached hydrogens (tertiary/aromatic N) is 5. The minimum atomic E-state index is -0.202. The Morgan fingerprint density at radius 2 is 1.91 bits per heavy atom. The number of amides is 1. The maximum atomic E-state index is 13.5. The Morgan fingerprint density at radius 3 is 2.65 bits per heavy atom. The molecule has 0 bridgehead atoms. The number of rotatable bonds is 9. The molecule has 182 valence electrons. The molecule has 0 aliphatic carbocycles. The average Bonchev–Trinajstić information content (AvgIpc) is 3.11. The molecule has 0 atom stereocenters. The standard InChI is InChI=1S/C24H31N5O3S2/c1-2-3-4-6-10-29-23(32)19(34-24(29)33)17-18-21(27-13-11-26(12-14-27)15-16-30)25-20-8-5-7-9-28(20)22(18)31/h5,7-9,17,30H,2-4,6,10-16H2,1H3. The van der Waals surface area contributed by atoms with Crippen molar-refractivity contribution >= 4 is 51.7 Å². The summed E-state index contributed by atoms with van der Waals surface area (Å²) in [5.41, 5.74) is 0.776. The largest absolute Gasteiger partial charge is 0.395 e. The Kier molecular flexibility index (Phi) is 8.36. The van der Waals surface area contributed by atoms with Crippen LogP contribution in [-0.2, 0) is 4.79 Å². The number of hydrogen-bond acceptors (Lipinski definition) is 8. The molecule has 2 fully saturated rings. The number of aliphatic hydroxyl groups is 1. The number of hydrogen-bond donors (Lipinski definition) is 1. The summed E-state index contributed by atoms with van der Waals surface area (Å²) in [6.45, 7) is 6.45. The number of carbonyl (C=O) groups excluding carboxylic acids is 1. The first kappa shape index (κ1) is 24.8. The highest BCUT2D eigenvalue weighted by Crippen LogP contribution is 2.34. The van der Waals surface area contributed by atoms with Crippen molar-refractivity contribution < 1.29 is 9.90 Å². The second-order valence-corrected chi connectivity index (χ2v) is 10.2. The third-order valence-corrected chi connectivity index (χ3v) is 7.60. The number of fused-ring (bicyclic) bond motifs is 1. The van der Waals surface area contributed by atoms with Crippen LogP contribution in [0.25, 0.3) is 11.7 Å². The van der Waals surface area contributed by atoms with Crippen LogP contribution in [0.2, 0.25) is 0 Å². The summed E-state index contributed by atoms with van der Waals surface area (Å²) in [6.07, 6.45) is 7.62. The first-order valence-corrected chi connectivity index (χ1v) is 13.1. The molecule has 0 saturated carbocycles. The SMILES string of the molecule is CCCCCCN1C(=O)C(=Cc2c(N3CCN(CCO)CC3)nc3ccccn3c2=O)SC1=S. The molecule has 1 amide bonds. The third kappa shape index (κ3) is 5.35. The molecule has 0 unspecified atom stereocenters. The number of carbonyl (C=O) groups is 1. The number of thioether (sulfide) groups is 1. The summed E-state index contributed by atoms with van der Waals surface area (Å²) in [4.78, 5) is 37.9. The van der Waals surface area contributed by atoms with Gasteiger partial charge in [0, 0.05) is 45.5 Å². The average molecular weight is 502 g/mol. The molecule has 2 aromatic heterocycles. The van der Waals surface area contributed by atoms with E-state index in [4.69, 9.17) is 17.2 Å². The fourth-order valence-electron chi connectivity index (χ4n) is 4.30. The molecule has 0 aromatic carbocycles. The Hall–Kier alpha value is -2.27. The third-order valence-electron chi connectivity index (χ3n) is 6.22. The van der Waals surface area contributed by atoms with Crippen molar-refractivity contribution in [1.82, 2.24) is 19.2 Å². The minimum absolute atomic E-state index is 0.126. The number of thiocarbonyl (C=S) groups is 1. The van der Waals surface area contributed by atoms with Gasteiger partial charge in [0.1, 0.15) is 15.8 Å². The molecule has 10 heteroatoms. The summed E-state index contributed by atoms with van der Waals surface area (Å²) in [5.74, 6) is 0.454. The van der Waals surface area contributed by atoms with Gasteiger partial charge < -0.3 is 10.0 Å². The molecule has 1 N–H and O–H groups in total. The van der Waals surface area contributed by atoms with Gasteiger partial charge in [0.15, 0.2) is 0 Å². The van der Waals surface area contributed by atoms with E-state index in [2.05, 4.69) is 16.7 Å². The monoisotopic (exact) mass is 501 g/mol. The van der Waals surface area contributed by atoms with E-state index in [1.54, 1.807) is 23.2 Å². The lowest BCUT2D eigenvalue weighted by Crippen LogP contribution is -2.48. The van der Waals surface area contributed by atoms with Crippen LogP contribution in [0.15, 0.2) is 34.1 Å². The lowest BCUT2D eigenvalue weighted by Gasteiger charge is -2.35. The first-order valence-electron chi connectivity index (χ1n) is 11.9. The molecule has 4 rings (SSSR count). The molecule has 2 aliphatic rings. The van der Waals surface area contributed by atoms with Gasteiger partial charge in [0.25, 0.3) is 11.5 Å². The van der Waals surface area contributed by atoms with Gasteiger partial charge in [-0.1, -0.05) is 56.2 Å². The maximum Gasteiger partial charge on any atom is 0.267 e. The lowest BCUT2D eigenvalue weighted by atomic mass is 10.2. The number of anilines is 1. The van der Waals surface area contributed by atoms with Gasteiger partial charge >= 0.3 is 0 Å². The zero-order valence-electron chi connectivity index (χ0n) is 19.5. The molecule has 2 aliphatic heterocycles. The van der Waals surface area contributed by atoms with Gasteiger partial charge in [-0.2, -0.15) is 0 Å². The van der Waals surface area contributed by atoms with Crippen LogP contribution in [-0.4, -0.2) is 80.4 Å². The van der Waals surface area contributed by atoms with E-state index in [0.717, 1.165) is 38.8 Å². The van der Waals surface area contributed by atoms with Crippen molar-refractivity contribution in [3.05, 3.63) is 45.2 Å². The number of unbranched alkanes of at least 4 members (excludes halogenated alkanes) is 3. The molecule has 0 spiro atoms. The fraction of sp³-hybridized carbons (Fsp3) is 0.500. The van der Waals surface area contributed by atoms with Crippen molar-refractivity contribution in [2.75, 3.05) is 50.8 Å². The van der Waals surface area contributed by atoms with Crippen LogP contribution in [0.3, 0.4) is 0 Å². The predicted molar refractivity (Wildman–Crippen MR) is 141 cm³/mol. The quantitative estimate of drug-likeness (QED) is 0.319. The number of pyridine rings is 1. The molecular weight excluding hydrogens is 470 g/mol. The van der Waals surface area contributed by atoms with Crippen LogP contribution >= 0.6 is 24.0 Å². The van der Waals surface area contributed by atoms with Gasteiger partial charge in [-0.25, -0.2) is 4.98 Å². The molecule has 4 heterocycles. The summed E-state index contributed by atoms with van der Waals surface area (Å²) in [7, 11) is 0. The molecule has 34 heavy (non-hydrogen) atoms. The Bertz CT molecular complexity index is 1140. The molecule has 2 aromatic rings. The second kappa shape index (κ2) is 11.4. The van der Waals surface area contributed by atoms with Crippen molar-refractivity contribution in [2.45, 2.75) is 32.6 Å². The van der Waals surface area contributed by atoms with Crippen LogP contribution in [0, 0.1) is 0 Å². The number of piperazine rings is 1. The normalized spacial score (nSPS) is 18.6. The summed E-state index contributed by atoms with van der Waals surface area (Å²) >= 11 is 6.74. The smallest absolute Gasteiger partial charge is 0.267 e. The highest BCUT2D eigenvalue weighted by Gasteiger charge is 2.32. The molecular formula is C24H31N5O3S2. The van der Waals surface area contributed by atoms with Crippen molar-refractivity contribution in [3.63, 3.8) is 0 Å². The van der Waals surface area contributed by atoms with Crippen LogP contribution in [0.5, 0.6) is 0 Å². The van der Waals surface area contributed by atoms with E-state index < -0.39 is 0 Å². The van der Waals surface area contributed by atoms with Gasteiger partial charge in [0.2, 0.25) is 0 Å². The summed E-state index contributed by atoms with van der Waals surface area (Å²) in [5, 5.41) is 9.24. The van der Waals surface area contributed by atoms with Gasteiger partial charge in [-0.15, -0.1) is 0 Å². The van der Waals surface area contributed by atoms with E-state index in [9.17, 15) is 14.7 Å². The highest BCUT2D eigenvalue weighted by atomic mass is 32.2. The fourth-order valence-corrected chi connectivity index (χ4v) is 5.59. The van der Waals surface area contributed by atoms with Crippen LogP contribution in [0.1, 0.15) is 38.2 Å². The van der Waals surface area contributed by atoms with Gasteiger partial charge in [0.05, 0.1) is 17.1 Å². The highest BCUT2D eigenvalue weighted by molar-refractivity contribution is 8.26. The Labute approximate surface area is 209 Å². The zero-order chi connectivity index (χ0) is 24.1. The van der Waals surface area contributed by atoms with E-state index in [1.165, 1.54) is 16.2 Å². The van der Waals surface area contributed by atoms with Crippen molar-refractivity contribution in [3.8, 4) is 0 Å².